The molecular weight excluding hydrogens is 219 g/mol. The van der Waals surface area contributed by atoms with Gasteiger partial charge in [0, 0.05) is 5.56 Å². The Morgan fingerprint density at radius 1 is 1.38 bits per heavy atom. The summed E-state index contributed by atoms with van der Waals surface area (Å²) in [7, 11) is 0. The monoisotopic (exact) mass is 230 g/mol. The summed E-state index contributed by atoms with van der Waals surface area (Å²) in [4.78, 5) is 10.6. The standard InChI is InChI=1S/C10H11FO5/c11-7-2-1-5(10(15)16)3-6(7)9(14)8(13)4-12/h1-3,8-9,12-14H,4H2,(H,15,16). The molecule has 4 N–H and O–H groups in total. The lowest BCUT2D eigenvalue weighted by Crippen LogP contribution is -2.23. The molecule has 5 nitrogen and oxygen atoms in total. The number of aliphatic hydroxyl groups excluding tert-OH is 3. The Morgan fingerprint density at radius 3 is 2.50 bits per heavy atom. The molecule has 1 aromatic rings. The Bertz CT molecular complexity index is 393. The minimum atomic E-state index is -1.66. The van der Waals surface area contributed by atoms with Gasteiger partial charge in [-0.15, -0.1) is 0 Å². The number of benzene rings is 1. The van der Waals surface area contributed by atoms with Gasteiger partial charge >= 0.3 is 5.97 Å². The quantitative estimate of drug-likeness (QED) is 0.579. The van der Waals surface area contributed by atoms with E-state index in [1.807, 2.05) is 0 Å². The van der Waals surface area contributed by atoms with Gasteiger partial charge in [0.1, 0.15) is 18.0 Å². The number of carboxylic acids is 1. The Balaban J connectivity index is 3.11. The zero-order valence-corrected chi connectivity index (χ0v) is 8.17. The molecule has 0 fully saturated rings. The molecular formula is C10H11FO5. The van der Waals surface area contributed by atoms with E-state index in [4.69, 9.17) is 15.3 Å². The van der Waals surface area contributed by atoms with Gasteiger partial charge in [0.05, 0.1) is 12.2 Å². The molecule has 1 rings (SSSR count). The molecule has 2 atom stereocenters. The predicted molar refractivity (Wildman–Crippen MR) is 51.4 cm³/mol. The van der Waals surface area contributed by atoms with Crippen molar-refractivity contribution in [2.24, 2.45) is 0 Å². The van der Waals surface area contributed by atoms with E-state index in [1.165, 1.54) is 0 Å². The van der Waals surface area contributed by atoms with Gasteiger partial charge in [-0.3, -0.25) is 0 Å². The molecule has 0 bridgehead atoms. The summed E-state index contributed by atoms with van der Waals surface area (Å²) >= 11 is 0. The van der Waals surface area contributed by atoms with Crippen LogP contribution in [0.1, 0.15) is 22.0 Å². The van der Waals surface area contributed by atoms with Crippen molar-refractivity contribution >= 4 is 5.97 Å². The van der Waals surface area contributed by atoms with Crippen molar-refractivity contribution in [3.63, 3.8) is 0 Å². The average Bonchev–Trinajstić information content (AvgIpc) is 2.27. The number of aromatic carboxylic acids is 1. The van der Waals surface area contributed by atoms with Gasteiger partial charge in [-0.1, -0.05) is 0 Å². The van der Waals surface area contributed by atoms with Gasteiger partial charge in [-0.2, -0.15) is 0 Å². The maximum absolute atomic E-state index is 13.2. The van der Waals surface area contributed by atoms with Crippen LogP contribution in [0.2, 0.25) is 0 Å². The summed E-state index contributed by atoms with van der Waals surface area (Å²) in [5, 5.41) is 35.8. The summed E-state index contributed by atoms with van der Waals surface area (Å²) in [5.41, 5.74) is -0.568. The smallest absolute Gasteiger partial charge is 0.335 e. The number of rotatable bonds is 4. The Labute approximate surface area is 90.4 Å². The molecule has 0 amide bonds. The molecule has 1 aromatic carbocycles. The summed E-state index contributed by atoms with van der Waals surface area (Å²) in [5.74, 6) is -2.11. The lowest BCUT2D eigenvalue weighted by atomic mass is 10.0. The van der Waals surface area contributed by atoms with Gasteiger partial charge < -0.3 is 20.4 Å². The van der Waals surface area contributed by atoms with Gasteiger partial charge in [0.2, 0.25) is 0 Å². The number of hydrogen-bond donors (Lipinski definition) is 4. The molecule has 6 heteroatoms. The van der Waals surface area contributed by atoms with Crippen LogP contribution in [0.3, 0.4) is 0 Å². The molecule has 0 aromatic heterocycles. The zero-order chi connectivity index (χ0) is 12.3. The van der Waals surface area contributed by atoms with Crippen molar-refractivity contribution in [2.75, 3.05) is 6.61 Å². The summed E-state index contributed by atoms with van der Waals surface area (Å²) in [6, 6.07) is 2.84. The van der Waals surface area contributed by atoms with E-state index in [0.29, 0.717) is 0 Å². The third-order valence-electron chi connectivity index (χ3n) is 2.11. The highest BCUT2D eigenvalue weighted by molar-refractivity contribution is 5.87. The van der Waals surface area contributed by atoms with Gasteiger partial charge in [0.15, 0.2) is 0 Å². The van der Waals surface area contributed by atoms with Crippen LogP contribution in [-0.4, -0.2) is 39.1 Å². The first-order valence-corrected chi connectivity index (χ1v) is 4.47. The number of carbonyl (C=O) groups is 1. The van der Waals surface area contributed by atoms with Crippen LogP contribution in [-0.2, 0) is 0 Å². The molecule has 16 heavy (non-hydrogen) atoms. The first-order valence-electron chi connectivity index (χ1n) is 4.47. The van der Waals surface area contributed by atoms with E-state index in [2.05, 4.69) is 0 Å². The number of halogens is 1. The SMILES string of the molecule is O=C(O)c1ccc(F)c(C(O)C(O)CO)c1. The molecule has 88 valence electrons. The van der Waals surface area contributed by atoms with Crippen molar-refractivity contribution in [3.05, 3.63) is 35.1 Å². The van der Waals surface area contributed by atoms with Crippen LogP contribution < -0.4 is 0 Å². The molecule has 0 saturated carbocycles. The first kappa shape index (κ1) is 12.6. The summed E-state index contributed by atoms with van der Waals surface area (Å²) in [6.07, 6.45) is -3.22. The van der Waals surface area contributed by atoms with Gasteiger partial charge in [-0.25, -0.2) is 9.18 Å². The van der Waals surface area contributed by atoms with Crippen LogP contribution >= 0.6 is 0 Å². The highest BCUT2D eigenvalue weighted by atomic mass is 19.1. The second-order valence-corrected chi connectivity index (χ2v) is 3.24. The van der Waals surface area contributed by atoms with Crippen molar-refractivity contribution in [1.82, 2.24) is 0 Å². The normalized spacial score (nSPS) is 14.5. The van der Waals surface area contributed by atoms with E-state index < -0.39 is 30.6 Å². The third-order valence-corrected chi connectivity index (χ3v) is 2.11. The predicted octanol–water partition coefficient (Wildman–Crippen LogP) is -0.0895. The van der Waals surface area contributed by atoms with Crippen molar-refractivity contribution < 1.29 is 29.6 Å². The van der Waals surface area contributed by atoms with Crippen LogP contribution in [0.5, 0.6) is 0 Å². The van der Waals surface area contributed by atoms with E-state index in [9.17, 15) is 14.3 Å². The molecule has 0 radical (unpaired) electrons. The molecule has 0 spiro atoms. The Kier molecular flexibility index (Phi) is 3.94. The average molecular weight is 230 g/mol. The number of hydrogen-bond acceptors (Lipinski definition) is 4. The van der Waals surface area contributed by atoms with E-state index in [0.717, 1.165) is 18.2 Å². The number of aliphatic hydroxyl groups is 3. The highest BCUT2D eigenvalue weighted by Crippen LogP contribution is 2.21. The summed E-state index contributed by atoms with van der Waals surface area (Å²) < 4.78 is 13.2. The minimum absolute atomic E-state index is 0.208. The van der Waals surface area contributed by atoms with Crippen LogP contribution in [0.4, 0.5) is 4.39 Å². The van der Waals surface area contributed by atoms with Crippen LogP contribution in [0, 0.1) is 5.82 Å². The van der Waals surface area contributed by atoms with Crippen molar-refractivity contribution in [2.45, 2.75) is 12.2 Å². The zero-order valence-electron chi connectivity index (χ0n) is 8.17. The van der Waals surface area contributed by atoms with Gasteiger partial charge in [0.25, 0.3) is 0 Å². The van der Waals surface area contributed by atoms with Crippen LogP contribution in [0.25, 0.3) is 0 Å². The third kappa shape index (κ3) is 2.54. The second kappa shape index (κ2) is 5.02. The molecule has 2 unspecified atom stereocenters. The van der Waals surface area contributed by atoms with E-state index in [-0.39, 0.29) is 11.1 Å². The van der Waals surface area contributed by atoms with Gasteiger partial charge in [-0.05, 0) is 18.2 Å². The van der Waals surface area contributed by atoms with Crippen molar-refractivity contribution in [1.29, 1.82) is 0 Å². The largest absolute Gasteiger partial charge is 0.478 e. The lowest BCUT2D eigenvalue weighted by Gasteiger charge is -2.16. The Morgan fingerprint density at radius 2 is 2.00 bits per heavy atom. The maximum Gasteiger partial charge on any atom is 0.335 e. The molecule has 0 aliphatic heterocycles. The fourth-order valence-corrected chi connectivity index (χ4v) is 1.21. The number of carboxylic acid groups (broad SMARTS) is 1. The molecule has 0 heterocycles. The summed E-state index contributed by atoms with van der Waals surface area (Å²) in [6.45, 7) is -0.752. The topological polar surface area (TPSA) is 98.0 Å². The molecule has 0 saturated heterocycles. The molecule has 0 aliphatic carbocycles. The van der Waals surface area contributed by atoms with Crippen LogP contribution in [0.15, 0.2) is 18.2 Å². The maximum atomic E-state index is 13.2. The Hall–Kier alpha value is -1.50. The fraction of sp³-hybridized carbons (Fsp3) is 0.300. The first-order chi connectivity index (χ1) is 7.47. The minimum Gasteiger partial charge on any atom is -0.478 e. The lowest BCUT2D eigenvalue weighted by molar-refractivity contribution is -0.0168. The highest BCUT2D eigenvalue weighted by Gasteiger charge is 2.22. The molecule has 0 aliphatic rings. The fourth-order valence-electron chi connectivity index (χ4n) is 1.21. The van der Waals surface area contributed by atoms with E-state index >= 15 is 0 Å². The van der Waals surface area contributed by atoms with Crippen molar-refractivity contribution in [3.8, 4) is 0 Å². The second-order valence-electron chi connectivity index (χ2n) is 3.24. The van der Waals surface area contributed by atoms with E-state index in [1.54, 1.807) is 0 Å².